The lowest BCUT2D eigenvalue weighted by molar-refractivity contribution is 0.0695. The van der Waals surface area contributed by atoms with Crippen molar-refractivity contribution in [2.75, 3.05) is 0 Å². The molecule has 1 rings (SSSR count). The number of aromatic carboxylic acids is 1. The van der Waals surface area contributed by atoms with E-state index in [1.54, 1.807) is 24.3 Å². The molecule has 106 valence electrons. The highest BCUT2D eigenvalue weighted by molar-refractivity contribution is 7.38. The van der Waals surface area contributed by atoms with Crippen LogP contribution in [0.4, 0.5) is 0 Å². The van der Waals surface area contributed by atoms with Gasteiger partial charge in [0.1, 0.15) is 11.3 Å². The summed E-state index contributed by atoms with van der Waals surface area (Å²) in [5, 5.41) is 9.06. The normalized spacial score (nSPS) is 12.9. The Balaban J connectivity index is 2.67. The van der Waals surface area contributed by atoms with Gasteiger partial charge in [-0.15, -0.1) is 0 Å². The van der Waals surface area contributed by atoms with Crippen molar-refractivity contribution in [1.82, 2.24) is 0 Å². The predicted molar refractivity (Wildman–Crippen MR) is 84.5 cm³/mol. The van der Waals surface area contributed by atoms with Gasteiger partial charge in [-0.3, -0.25) is 0 Å². The fourth-order valence-corrected chi connectivity index (χ4v) is 9.18. The first-order chi connectivity index (χ1) is 8.65. The number of benzene rings is 1. The number of rotatable bonds is 6. The van der Waals surface area contributed by atoms with Crippen molar-refractivity contribution in [2.24, 2.45) is 0 Å². The molecule has 1 N–H and O–H groups in total. The summed E-state index contributed by atoms with van der Waals surface area (Å²) >= 11 is 0. The molecule has 0 unspecified atom stereocenters. The second kappa shape index (κ2) is 6.04. The average molecular weight is 315 g/mol. The van der Waals surface area contributed by atoms with Crippen LogP contribution in [0.25, 0.3) is 0 Å². The van der Waals surface area contributed by atoms with Crippen LogP contribution >= 0.6 is 0 Å². The van der Waals surface area contributed by atoms with Gasteiger partial charge >= 0.3 is 16.0 Å². The van der Waals surface area contributed by atoms with Crippen molar-refractivity contribution in [3.8, 4) is 5.75 Å². The fraction of sp³-hybridized carbons (Fsp3) is 0.417. The Morgan fingerprint density at radius 3 is 2.26 bits per heavy atom. The number of carboxylic acids is 1. The van der Waals surface area contributed by atoms with Gasteiger partial charge in [0.25, 0.3) is 0 Å². The van der Waals surface area contributed by atoms with Crippen LogP contribution in [0.1, 0.15) is 10.4 Å². The van der Waals surface area contributed by atoms with E-state index in [0.29, 0.717) is 5.75 Å². The van der Waals surface area contributed by atoms with Gasteiger partial charge in [-0.25, -0.2) is 4.79 Å². The molecule has 1 aromatic rings. The van der Waals surface area contributed by atoms with Crippen molar-refractivity contribution in [1.29, 1.82) is 0 Å². The Hall–Kier alpha value is -0.899. The van der Waals surface area contributed by atoms with E-state index in [2.05, 4.69) is 32.7 Å². The first kappa shape index (κ1) is 16.2. The molecule has 7 heteroatoms. The molecule has 0 amide bonds. The van der Waals surface area contributed by atoms with Crippen LogP contribution in [0, 0.1) is 0 Å². The van der Waals surface area contributed by atoms with Gasteiger partial charge < -0.3 is 13.6 Å². The second-order valence-electron chi connectivity index (χ2n) is 5.97. The Labute approximate surface area is 118 Å². The number of hydrogen-bond acceptors (Lipinski definition) is 3. The predicted octanol–water partition coefficient (Wildman–Crippen LogP) is 2.40. The molecular formula is C12H22O4Si3. The van der Waals surface area contributed by atoms with Gasteiger partial charge in [0.05, 0.1) is 7.59 Å². The summed E-state index contributed by atoms with van der Waals surface area (Å²) in [4.78, 5) is 11.1. The molecule has 0 aliphatic carbocycles. The first-order valence-corrected chi connectivity index (χ1v) is 14.8. The van der Waals surface area contributed by atoms with E-state index >= 15 is 0 Å². The van der Waals surface area contributed by atoms with E-state index in [0.717, 1.165) is 0 Å². The zero-order chi connectivity index (χ0) is 14.7. The number of carboxylic acid groups (broad SMARTS) is 1. The van der Waals surface area contributed by atoms with E-state index in [4.69, 9.17) is 13.6 Å². The molecule has 0 aromatic heterocycles. The first-order valence-electron chi connectivity index (χ1n) is 6.24. The maximum atomic E-state index is 11.1. The summed E-state index contributed by atoms with van der Waals surface area (Å²) in [6.45, 7) is 11.4. The summed E-state index contributed by atoms with van der Waals surface area (Å²) in [6.07, 6.45) is 0. The molecule has 4 nitrogen and oxygen atoms in total. The summed E-state index contributed by atoms with van der Waals surface area (Å²) < 4.78 is 11.7. The van der Waals surface area contributed by atoms with Gasteiger partial charge in [0.15, 0.2) is 7.83 Å². The van der Waals surface area contributed by atoms with Gasteiger partial charge in [-0.1, -0.05) is 31.8 Å². The monoisotopic (exact) mass is 314 g/mol. The zero-order valence-electron chi connectivity index (χ0n) is 12.2. The number of para-hydroxylation sites is 1. The minimum absolute atomic E-state index is 0.200. The molecule has 0 atom stereocenters. The molecule has 0 bridgehead atoms. The average Bonchev–Trinajstić information content (AvgIpc) is 2.27. The van der Waals surface area contributed by atoms with Crippen LogP contribution in [-0.2, 0) is 4.12 Å². The Kier molecular flexibility index (Phi) is 5.13. The third kappa shape index (κ3) is 4.30. The van der Waals surface area contributed by atoms with Crippen LogP contribution in [-0.4, -0.2) is 36.5 Å². The quantitative estimate of drug-likeness (QED) is 0.819. The maximum absolute atomic E-state index is 11.1. The van der Waals surface area contributed by atoms with Crippen LogP contribution in [0.3, 0.4) is 0 Å². The molecule has 1 aromatic carbocycles. The van der Waals surface area contributed by atoms with Gasteiger partial charge in [0, 0.05) is 0 Å². The Bertz CT molecular complexity index is 455. The molecule has 0 spiro atoms. The molecule has 0 heterocycles. The molecule has 0 radical (unpaired) electrons. The maximum Gasteiger partial charge on any atom is 0.355 e. The lowest BCUT2D eigenvalue weighted by atomic mass is 10.2. The Morgan fingerprint density at radius 2 is 1.74 bits per heavy atom. The highest BCUT2D eigenvalue weighted by atomic mass is 29.3. The minimum Gasteiger partial charge on any atom is -0.525 e. The van der Waals surface area contributed by atoms with Gasteiger partial charge in [-0.05, 0) is 25.2 Å². The number of hydrogen-bond donors (Lipinski definition) is 1. The van der Waals surface area contributed by atoms with E-state index in [1.807, 2.05) is 0 Å². The van der Waals surface area contributed by atoms with E-state index < -0.39 is 31.4 Å². The van der Waals surface area contributed by atoms with Crippen molar-refractivity contribution in [2.45, 2.75) is 32.7 Å². The smallest absolute Gasteiger partial charge is 0.355 e. The van der Waals surface area contributed by atoms with Crippen LogP contribution in [0.5, 0.6) is 5.75 Å². The Morgan fingerprint density at radius 1 is 1.16 bits per heavy atom. The zero-order valence-corrected chi connectivity index (χ0v) is 15.6. The lowest BCUT2D eigenvalue weighted by Crippen LogP contribution is -2.55. The van der Waals surface area contributed by atoms with Gasteiger partial charge in [0.2, 0.25) is 0 Å². The molecule has 19 heavy (non-hydrogen) atoms. The van der Waals surface area contributed by atoms with E-state index in [9.17, 15) is 4.79 Å². The fourth-order valence-electron chi connectivity index (χ4n) is 1.23. The van der Waals surface area contributed by atoms with Crippen molar-refractivity contribution in [3.05, 3.63) is 29.8 Å². The van der Waals surface area contributed by atoms with Crippen molar-refractivity contribution in [3.63, 3.8) is 0 Å². The highest BCUT2D eigenvalue weighted by Crippen LogP contribution is 2.21. The highest BCUT2D eigenvalue weighted by Gasteiger charge is 2.38. The van der Waals surface area contributed by atoms with Crippen molar-refractivity contribution < 1.29 is 18.4 Å². The molecular weight excluding hydrogens is 292 g/mol. The van der Waals surface area contributed by atoms with Crippen LogP contribution in [0.2, 0.25) is 32.7 Å². The molecule has 0 saturated heterocycles. The standard InChI is InChI=1S/C12H22O4Si3/c1-18(2,3)19(4,5)16-17-15-11-9-7-6-8-10(11)12(13)14/h6-9H,17H2,1-5H3,(H,13,14). The summed E-state index contributed by atoms with van der Waals surface area (Å²) in [5.41, 5.74) is 0.200. The van der Waals surface area contributed by atoms with E-state index in [1.165, 1.54) is 0 Å². The summed E-state index contributed by atoms with van der Waals surface area (Å²) in [7, 11) is -4.17. The molecule has 0 fully saturated rings. The van der Waals surface area contributed by atoms with Crippen LogP contribution < -0.4 is 4.43 Å². The molecule has 0 aliphatic rings. The van der Waals surface area contributed by atoms with Gasteiger partial charge in [-0.2, -0.15) is 0 Å². The summed E-state index contributed by atoms with van der Waals surface area (Å²) in [5.74, 6) is -0.548. The second-order valence-corrected chi connectivity index (χ2v) is 23.3. The van der Waals surface area contributed by atoms with Crippen molar-refractivity contribution >= 4 is 31.4 Å². The van der Waals surface area contributed by atoms with Crippen LogP contribution in [0.15, 0.2) is 24.3 Å². The SMILES string of the molecule is C[Si](C)(C)[Si](C)(C)O[SiH2]Oc1ccccc1C(=O)O. The molecule has 0 saturated carbocycles. The largest absolute Gasteiger partial charge is 0.525 e. The topological polar surface area (TPSA) is 55.8 Å². The van der Waals surface area contributed by atoms with E-state index in [-0.39, 0.29) is 5.56 Å². The minimum atomic E-state index is -1.68. The number of carbonyl (C=O) groups is 1. The molecule has 0 aliphatic heterocycles. The third-order valence-corrected chi connectivity index (χ3v) is 23.1. The lowest BCUT2D eigenvalue weighted by Gasteiger charge is -2.34. The third-order valence-electron chi connectivity index (χ3n) is 3.56. The summed E-state index contributed by atoms with van der Waals surface area (Å²) in [6, 6.07) is 6.70.